The van der Waals surface area contributed by atoms with Gasteiger partial charge in [0.1, 0.15) is 12.4 Å². The minimum Gasteiger partial charge on any atom is -0.492 e. The lowest BCUT2D eigenvalue weighted by molar-refractivity contribution is 0.290. The summed E-state index contributed by atoms with van der Waals surface area (Å²) in [7, 11) is 0. The molecule has 0 bridgehead atoms. The molecule has 0 aliphatic heterocycles. The Morgan fingerprint density at radius 2 is 2.00 bits per heavy atom. The predicted molar refractivity (Wildman–Crippen MR) is 70.9 cm³/mol. The number of rotatable bonds is 4. The van der Waals surface area contributed by atoms with E-state index in [2.05, 4.69) is 15.9 Å². The number of thiophene rings is 1. The van der Waals surface area contributed by atoms with Crippen molar-refractivity contribution in [2.45, 2.75) is 6.04 Å². The van der Waals surface area contributed by atoms with Crippen LogP contribution in [0.4, 0.5) is 0 Å². The molecule has 2 aromatic rings. The zero-order valence-corrected chi connectivity index (χ0v) is 11.0. The van der Waals surface area contributed by atoms with Crippen LogP contribution < -0.4 is 10.5 Å². The lowest BCUT2D eigenvalue weighted by Crippen LogP contribution is -2.18. The summed E-state index contributed by atoms with van der Waals surface area (Å²) in [6, 6.07) is 9.61. The third-order valence-electron chi connectivity index (χ3n) is 2.21. The van der Waals surface area contributed by atoms with Crippen LogP contribution in [0.1, 0.15) is 11.6 Å². The molecule has 16 heavy (non-hydrogen) atoms. The van der Waals surface area contributed by atoms with Crippen LogP contribution in [0.15, 0.2) is 45.6 Å². The molecule has 84 valence electrons. The Bertz CT molecular complexity index is 443. The Kier molecular flexibility index (Phi) is 3.98. The Morgan fingerprint density at radius 1 is 1.25 bits per heavy atom. The van der Waals surface area contributed by atoms with Gasteiger partial charge in [0.25, 0.3) is 0 Å². The van der Waals surface area contributed by atoms with Crippen LogP contribution in [0, 0.1) is 0 Å². The molecule has 1 heterocycles. The van der Waals surface area contributed by atoms with Gasteiger partial charge in [-0.15, -0.1) is 0 Å². The highest BCUT2D eigenvalue weighted by Gasteiger charge is 2.11. The van der Waals surface area contributed by atoms with Gasteiger partial charge in [-0.2, -0.15) is 11.3 Å². The Labute approximate surface area is 107 Å². The van der Waals surface area contributed by atoms with Crippen molar-refractivity contribution < 1.29 is 4.74 Å². The smallest absolute Gasteiger partial charge is 0.119 e. The van der Waals surface area contributed by atoms with Crippen molar-refractivity contribution in [3.05, 3.63) is 51.1 Å². The first-order valence-corrected chi connectivity index (χ1v) is 6.66. The summed E-state index contributed by atoms with van der Waals surface area (Å²) in [6.07, 6.45) is 0. The monoisotopic (exact) mass is 297 g/mol. The molecule has 0 aliphatic carbocycles. The molecular formula is C12H12BrNOS. The van der Waals surface area contributed by atoms with E-state index in [0.29, 0.717) is 6.61 Å². The summed E-state index contributed by atoms with van der Waals surface area (Å²) in [6.45, 7) is 0.485. The average Bonchev–Trinajstić information content (AvgIpc) is 2.74. The van der Waals surface area contributed by atoms with E-state index in [1.165, 1.54) is 0 Å². The first-order valence-electron chi connectivity index (χ1n) is 4.92. The Morgan fingerprint density at radius 3 is 2.62 bits per heavy atom. The molecule has 2 N–H and O–H groups in total. The second-order valence-electron chi connectivity index (χ2n) is 3.41. The molecule has 1 atom stereocenters. The van der Waals surface area contributed by atoms with Crippen molar-refractivity contribution in [2.75, 3.05) is 6.61 Å². The Hall–Kier alpha value is -0.840. The first-order chi connectivity index (χ1) is 7.77. The fourth-order valence-corrected chi connectivity index (χ4v) is 3.00. The van der Waals surface area contributed by atoms with Crippen LogP contribution in [0.2, 0.25) is 0 Å². The van der Waals surface area contributed by atoms with Crippen molar-refractivity contribution in [3.8, 4) is 5.75 Å². The summed E-state index contributed by atoms with van der Waals surface area (Å²) in [4.78, 5) is 0. The molecule has 0 saturated heterocycles. The van der Waals surface area contributed by atoms with Crippen LogP contribution in [-0.4, -0.2) is 6.61 Å². The highest BCUT2D eigenvalue weighted by molar-refractivity contribution is 9.10. The van der Waals surface area contributed by atoms with E-state index < -0.39 is 0 Å². The van der Waals surface area contributed by atoms with Gasteiger partial charge in [0.15, 0.2) is 0 Å². The van der Waals surface area contributed by atoms with Crippen LogP contribution >= 0.6 is 27.3 Å². The lowest BCUT2D eigenvalue weighted by atomic mass is 10.2. The quantitative estimate of drug-likeness (QED) is 0.936. The zero-order valence-electron chi connectivity index (χ0n) is 8.60. The summed E-state index contributed by atoms with van der Waals surface area (Å²) < 4.78 is 6.66. The number of para-hydroxylation sites is 1. The molecule has 1 aromatic carbocycles. The molecule has 1 unspecified atom stereocenters. The average molecular weight is 298 g/mol. The van der Waals surface area contributed by atoms with Crippen molar-refractivity contribution >= 4 is 27.3 Å². The van der Waals surface area contributed by atoms with Gasteiger partial charge in [0, 0.05) is 9.85 Å². The van der Waals surface area contributed by atoms with E-state index in [0.717, 1.165) is 15.8 Å². The molecule has 0 spiro atoms. The molecule has 2 nitrogen and oxygen atoms in total. The molecule has 4 heteroatoms. The largest absolute Gasteiger partial charge is 0.492 e. The van der Waals surface area contributed by atoms with Gasteiger partial charge >= 0.3 is 0 Å². The van der Waals surface area contributed by atoms with E-state index in [-0.39, 0.29) is 6.04 Å². The maximum absolute atomic E-state index is 6.04. The number of ether oxygens (including phenoxy) is 1. The van der Waals surface area contributed by atoms with Crippen molar-refractivity contribution in [1.29, 1.82) is 0 Å². The molecule has 0 radical (unpaired) electrons. The number of halogens is 1. The fourth-order valence-electron chi connectivity index (χ4n) is 1.35. The molecule has 0 aliphatic rings. The predicted octanol–water partition coefficient (Wildman–Crippen LogP) is 3.59. The Balaban J connectivity index is 1.94. The van der Waals surface area contributed by atoms with Gasteiger partial charge in [-0.25, -0.2) is 0 Å². The van der Waals surface area contributed by atoms with Gasteiger partial charge in [0.2, 0.25) is 0 Å². The van der Waals surface area contributed by atoms with Crippen LogP contribution in [0.5, 0.6) is 5.75 Å². The van der Waals surface area contributed by atoms with E-state index >= 15 is 0 Å². The highest BCUT2D eigenvalue weighted by atomic mass is 79.9. The number of nitrogens with two attached hydrogens (primary N) is 1. The van der Waals surface area contributed by atoms with E-state index in [1.54, 1.807) is 11.3 Å². The van der Waals surface area contributed by atoms with Crippen LogP contribution in [0.3, 0.4) is 0 Å². The summed E-state index contributed by atoms with van der Waals surface area (Å²) in [5.74, 6) is 0.851. The fraction of sp³-hybridized carbons (Fsp3) is 0.167. The normalized spacial score (nSPS) is 12.4. The minimum atomic E-state index is -0.0965. The maximum Gasteiger partial charge on any atom is 0.119 e. The molecule has 0 amide bonds. The van der Waals surface area contributed by atoms with E-state index in [1.807, 2.05) is 41.1 Å². The van der Waals surface area contributed by atoms with Crippen molar-refractivity contribution in [2.24, 2.45) is 5.73 Å². The minimum absolute atomic E-state index is 0.0965. The third kappa shape index (κ3) is 2.84. The summed E-state index contributed by atoms with van der Waals surface area (Å²) in [5, 5.41) is 4.07. The van der Waals surface area contributed by atoms with Crippen molar-refractivity contribution in [3.63, 3.8) is 0 Å². The standard InChI is InChI=1S/C12H12BrNOS/c13-11-8-16-7-10(11)12(14)6-15-9-4-2-1-3-5-9/h1-5,7-8,12H,6,14H2. The van der Waals surface area contributed by atoms with Gasteiger partial charge in [0.05, 0.1) is 6.04 Å². The molecule has 0 fully saturated rings. The van der Waals surface area contributed by atoms with E-state index in [9.17, 15) is 0 Å². The van der Waals surface area contributed by atoms with Crippen molar-refractivity contribution in [1.82, 2.24) is 0 Å². The number of hydrogen-bond acceptors (Lipinski definition) is 3. The molecule has 0 saturated carbocycles. The highest BCUT2D eigenvalue weighted by Crippen LogP contribution is 2.26. The zero-order chi connectivity index (χ0) is 11.4. The van der Waals surface area contributed by atoms with Crippen LogP contribution in [-0.2, 0) is 0 Å². The van der Waals surface area contributed by atoms with Gasteiger partial charge in [-0.3, -0.25) is 0 Å². The molecular weight excluding hydrogens is 286 g/mol. The molecule has 1 aromatic heterocycles. The SMILES string of the molecule is NC(COc1ccccc1)c1cscc1Br. The van der Waals surface area contributed by atoms with Crippen LogP contribution in [0.25, 0.3) is 0 Å². The number of benzene rings is 1. The first kappa shape index (κ1) is 11.6. The van der Waals surface area contributed by atoms with Gasteiger partial charge in [-0.1, -0.05) is 18.2 Å². The second-order valence-corrected chi connectivity index (χ2v) is 5.00. The summed E-state index contributed by atoms with van der Waals surface area (Å²) >= 11 is 5.10. The summed E-state index contributed by atoms with van der Waals surface area (Å²) in [5.41, 5.74) is 7.14. The van der Waals surface area contributed by atoms with E-state index in [4.69, 9.17) is 10.5 Å². The number of hydrogen-bond donors (Lipinski definition) is 1. The van der Waals surface area contributed by atoms with Gasteiger partial charge < -0.3 is 10.5 Å². The molecule has 2 rings (SSSR count). The third-order valence-corrected chi connectivity index (χ3v) is 3.97. The lowest BCUT2D eigenvalue weighted by Gasteiger charge is -2.12. The topological polar surface area (TPSA) is 35.2 Å². The second kappa shape index (κ2) is 5.48. The van der Waals surface area contributed by atoms with Gasteiger partial charge in [-0.05, 0) is 39.0 Å². The maximum atomic E-state index is 6.04.